The van der Waals surface area contributed by atoms with E-state index < -0.39 is 0 Å². The number of halogens is 1. The third kappa shape index (κ3) is 2.82. The highest BCUT2D eigenvalue weighted by Gasteiger charge is 2.35. The van der Waals surface area contributed by atoms with E-state index in [1.807, 2.05) is 4.90 Å². The van der Waals surface area contributed by atoms with E-state index in [1.165, 1.54) is 12.1 Å². The normalized spacial score (nSPS) is 17.9. The van der Waals surface area contributed by atoms with Crippen molar-refractivity contribution in [3.05, 3.63) is 41.8 Å². The summed E-state index contributed by atoms with van der Waals surface area (Å²) in [6.45, 7) is 1.82. The fraction of sp³-hybridized carbons (Fsp3) is 0.353. The van der Waals surface area contributed by atoms with Gasteiger partial charge >= 0.3 is 0 Å². The highest BCUT2D eigenvalue weighted by molar-refractivity contribution is 6.00. The summed E-state index contributed by atoms with van der Waals surface area (Å²) < 4.78 is 13.0. The molecule has 7 heteroatoms. The zero-order valence-electron chi connectivity index (χ0n) is 13.1. The van der Waals surface area contributed by atoms with Gasteiger partial charge in [0, 0.05) is 23.5 Å². The topological polar surface area (TPSA) is 70.2 Å². The summed E-state index contributed by atoms with van der Waals surface area (Å²) in [5, 5.41) is 6.37. The van der Waals surface area contributed by atoms with E-state index in [1.54, 1.807) is 18.3 Å². The molecule has 2 aliphatic rings. The zero-order chi connectivity index (χ0) is 16.5. The lowest BCUT2D eigenvalue weighted by Gasteiger charge is -2.31. The maximum Gasteiger partial charge on any atom is 0.233 e. The molecule has 1 saturated heterocycles. The van der Waals surface area contributed by atoms with Crippen molar-refractivity contribution in [2.45, 2.75) is 25.3 Å². The van der Waals surface area contributed by atoms with Gasteiger partial charge in [-0.05, 0) is 50.2 Å². The molecule has 0 bridgehead atoms. The van der Waals surface area contributed by atoms with Crippen LogP contribution in [0.25, 0.3) is 0 Å². The number of carbonyl (C=O) groups excluding carboxylic acids is 1. The van der Waals surface area contributed by atoms with E-state index in [-0.39, 0.29) is 17.8 Å². The lowest BCUT2D eigenvalue weighted by molar-refractivity contribution is -0.117. The number of rotatable bonds is 3. The summed E-state index contributed by atoms with van der Waals surface area (Å²) in [4.78, 5) is 23.1. The Kier molecular flexibility index (Phi) is 3.86. The molecule has 1 aromatic heterocycles. The minimum Gasteiger partial charge on any atom is -0.324 e. The van der Waals surface area contributed by atoms with Crippen LogP contribution in [0.3, 0.4) is 0 Å². The van der Waals surface area contributed by atoms with Crippen molar-refractivity contribution in [2.75, 3.05) is 23.3 Å². The first-order chi connectivity index (χ1) is 11.7. The van der Waals surface area contributed by atoms with Crippen LogP contribution in [-0.4, -0.2) is 35.0 Å². The van der Waals surface area contributed by atoms with Crippen LogP contribution in [0.5, 0.6) is 0 Å². The van der Waals surface area contributed by atoms with Gasteiger partial charge in [0.05, 0.1) is 6.42 Å². The molecule has 4 rings (SSSR count). The molecule has 1 aromatic carbocycles. The van der Waals surface area contributed by atoms with E-state index in [0.717, 1.165) is 31.5 Å². The number of hydrogen-bond donors (Lipinski definition) is 2. The monoisotopic (exact) mass is 327 g/mol. The van der Waals surface area contributed by atoms with E-state index in [9.17, 15) is 9.18 Å². The number of carbonyl (C=O) groups is 1. The van der Waals surface area contributed by atoms with Gasteiger partial charge in [-0.15, -0.1) is 0 Å². The first kappa shape index (κ1) is 15.0. The standard InChI is InChI=1S/C17H18FN5O/c18-12-1-3-13(4-2-12)21-17-20-10-11-9-15(24)23(16(11)22-17)14-5-7-19-8-6-14/h1-4,10,14,19H,5-9H2,(H,20,21,22). The van der Waals surface area contributed by atoms with Crippen molar-refractivity contribution in [2.24, 2.45) is 0 Å². The van der Waals surface area contributed by atoms with Gasteiger partial charge in [-0.25, -0.2) is 9.37 Å². The largest absolute Gasteiger partial charge is 0.324 e. The van der Waals surface area contributed by atoms with Crippen molar-refractivity contribution in [3.63, 3.8) is 0 Å². The number of fused-ring (bicyclic) bond motifs is 1. The molecule has 1 amide bonds. The van der Waals surface area contributed by atoms with E-state index >= 15 is 0 Å². The van der Waals surface area contributed by atoms with Crippen LogP contribution >= 0.6 is 0 Å². The van der Waals surface area contributed by atoms with Gasteiger partial charge in [-0.1, -0.05) is 0 Å². The maximum atomic E-state index is 13.0. The second-order valence-corrected chi connectivity index (χ2v) is 6.10. The van der Waals surface area contributed by atoms with Crippen LogP contribution in [0.2, 0.25) is 0 Å². The summed E-state index contributed by atoms with van der Waals surface area (Å²) in [6, 6.07) is 6.19. The average molecular weight is 327 g/mol. The summed E-state index contributed by atoms with van der Waals surface area (Å²) in [5.41, 5.74) is 1.57. The number of piperidine rings is 1. The number of nitrogens with one attached hydrogen (secondary N) is 2. The van der Waals surface area contributed by atoms with Gasteiger partial charge in [-0.2, -0.15) is 4.98 Å². The van der Waals surface area contributed by atoms with E-state index in [2.05, 4.69) is 20.6 Å². The van der Waals surface area contributed by atoms with Crippen LogP contribution in [0.15, 0.2) is 30.5 Å². The first-order valence-corrected chi connectivity index (χ1v) is 8.12. The SMILES string of the molecule is O=C1Cc2cnc(Nc3ccc(F)cc3)nc2N1C1CCNCC1. The van der Waals surface area contributed by atoms with E-state index in [0.29, 0.717) is 23.9 Å². The zero-order valence-corrected chi connectivity index (χ0v) is 13.1. The molecule has 0 aliphatic carbocycles. The van der Waals surface area contributed by atoms with Crippen molar-refractivity contribution >= 4 is 23.4 Å². The molecule has 3 heterocycles. The molecular weight excluding hydrogens is 309 g/mol. The van der Waals surface area contributed by atoms with Crippen molar-refractivity contribution in [1.82, 2.24) is 15.3 Å². The lowest BCUT2D eigenvalue weighted by atomic mass is 10.1. The highest BCUT2D eigenvalue weighted by Crippen LogP contribution is 2.31. The van der Waals surface area contributed by atoms with Crippen LogP contribution in [-0.2, 0) is 11.2 Å². The molecule has 0 spiro atoms. The number of aromatic nitrogens is 2. The van der Waals surface area contributed by atoms with Crippen LogP contribution in [0, 0.1) is 5.82 Å². The van der Waals surface area contributed by atoms with Gasteiger partial charge in [-0.3, -0.25) is 9.69 Å². The second-order valence-electron chi connectivity index (χ2n) is 6.10. The van der Waals surface area contributed by atoms with E-state index in [4.69, 9.17) is 0 Å². The molecule has 0 unspecified atom stereocenters. The Morgan fingerprint density at radius 2 is 1.96 bits per heavy atom. The molecule has 0 saturated carbocycles. The van der Waals surface area contributed by atoms with Gasteiger partial charge in [0.15, 0.2) is 0 Å². The Balaban J connectivity index is 1.60. The fourth-order valence-electron chi connectivity index (χ4n) is 3.26. The number of anilines is 3. The summed E-state index contributed by atoms with van der Waals surface area (Å²) in [5.74, 6) is 0.906. The van der Waals surface area contributed by atoms with Crippen molar-refractivity contribution in [3.8, 4) is 0 Å². The fourth-order valence-corrected chi connectivity index (χ4v) is 3.26. The summed E-state index contributed by atoms with van der Waals surface area (Å²) in [6.07, 6.45) is 3.91. The van der Waals surface area contributed by atoms with Crippen LogP contribution < -0.4 is 15.5 Å². The third-order valence-electron chi connectivity index (χ3n) is 4.45. The Hall–Kier alpha value is -2.54. The molecule has 24 heavy (non-hydrogen) atoms. The Morgan fingerprint density at radius 3 is 2.71 bits per heavy atom. The Labute approximate surface area is 139 Å². The summed E-state index contributed by atoms with van der Waals surface area (Å²) in [7, 11) is 0. The van der Waals surface area contributed by atoms with Gasteiger partial charge in [0.1, 0.15) is 11.6 Å². The summed E-state index contributed by atoms with van der Waals surface area (Å²) >= 11 is 0. The molecule has 0 atom stereocenters. The lowest BCUT2D eigenvalue weighted by Crippen LogP contribution is -2.45. The maximum absolute atomic E-state index is 13.0. The smallest absolute Gasteiger partial charge is 0.233 e. The number of nitrogens with zero attached hydrogens (tertiary/aromatic N) is 3. The highest BCUT2D eigenvalue weighted by atomic mass is 19.1. The Morgan fingerprint density at radius 1 is 1.21 bits per heavy atom. The molecular formula is C17H18FN5O. The predicted octanol–water partition coefficient (Wildman–Crippen LogP) is 2.00. The minimum atomic E-state index is -0.293. The molecule has 2 aromatic rings. The van der Waals surface area contributed by atoms with Crippen molar-refractivity contribution in [1.29, 1.82) is 0 Å². The molecule has 2 N–H and O–H groups in total. The van der Waals surface area contributed by atoms with Crippen molar-refractivity contribution < 1.29 is 9.18 Å². The molecule has 6 nitrogen and oxygen atoms in total. The molecule has 1 fully saturated rings. The first-order valence-electron chi connectivity index (χ1n) is 8.12. The average Bonchev–Trinajstić information content (AvgIpc) is 2.93. The van der Waals surface area contributed by atoms with Gasteiger partial charge in [0.2, 0.25) is 11.9 Å². The molecule has 0 radical (unpaired) electrons. The quantitative estimate of drug-likeness (QED) is 0.902. The van der Waals surface area contributed by atoms with Gasteiger partial charge < -0.3 is 10.6 Å². The predicted molar refractivity (Wildman–Crippen MR) is 88.8 cm³/mol. The minimum absolute atomic E-state index is 0.0881. The van der Waals surface area contributed by atoms with Gasteiger partial charge in [0.25, 0.3) is 0 Å². The number of amides is 1. The second kappa shape index (κ2) is 6.16. The van der Waals surface area contributed by atoms with Crippen LogP contribution in [0.1, 0.15) is 18.4 Å². The molecule has 124 valence electrons. The Bertz CT molecular complexity index is 758. The van der Waals surface area contributed by atoms with Crippen LogP contribution in [0.4, 0.5) is 21.8 Å². The molecule has 2 aliphatic heterocycles. The number of hydrogen-bond acceptors (Lipinski definition) is 5. The number of benzene rings is 1. The third-order valence-corrected chi connectivity index (χ3v) is 4.45.